The first kappa shape index (κ1) is 16.5. The number of rotatable bonds is 7. The highest BCUT2D eigenvalue weighted by Crippen LogP contribution is 2.19. The monoisotopic (exact) mass is 318 g/mol. The molecule has 0 fully saturated rings. The smallest absolute Gasteiger partial charge is 0.224 e. The van der Waals surface area contributed by atoms with Gasteiger partial charge in [0.2, 0.25) is 5.91 Å². The van der Waals surface area contributed by atoms with Crippen LogP contribution in [-0.2, 0) is 17.8 Å². The number of hydrogen-bond donors (Lipinski definition) is 1. The second-order valence-electron chi connectivity index (χ2n) is 5.36. The maximum Gasteiger partial charge on any atom is 0.224 e. The van der Waals surface area contributed by atoms with Crippen LogP contribution in [0.4, 0.5) is 0 Å². The van der Waals surface area contributed by atoms with E-state index in [-0.39, 0.29) is 5.91 Å². The van der Waals surface area contributed by atoms with E-state index >= 15 is 0 Å². The van der Waals surface area contributed by atoms with Crippen molar-refractivity contribution >= 4 is 17.2 Å². The van der Waals surface area contributed by atoms with Crippen molar-refractivity contribution in [3.63, 3.8) is 0 Å². The summed E-state index contributed by atoms with van der Waals surface area (Å²) in [4.78, 5) is 16.5. The zero-order valence-corrected chi connectivity index (χ0v) is 14.1. The van der Waals surface area contributed by atoms with Crippen LogP contribution >= 0.6 is 11.3 Å². The van der Waals surface area contributed by atoms with E-state index in [4.69, 9.17) is 4.74 Å². The minimum atomic E-state index is 0.00302. The molecule has 1 amide bonds. The van der Waals surface area contributed by atoms with Gasteiger partial charge >= 0.3 is 0 Å². The van der Waals surface area contributed by atoms with Crippen LogP contribution in [0.15, 0.2) is 29.6 Å². The SMILES string of the molecule is CCOc1ccc(CC(=O)NCc2csc(C(C)C)n2)cc1. The van der Waals surface area contributed by atoms with Crippen molar-refractivity contribution in [1.29, 1.82) is 0 Å². The topological polar surface area (TPSA) is 51.2 Å². The first-order valence-corrected chi connectivity index (χ1v) is 8.39. The second-order valence-corrected chi connectivity index (χ2v) is 6.25. The second kappa shape index (κ2) is 7.94. The van der Waals surface area contributed by atoms with Gasteiger partial charge in [0.1, 0.15) is 5.75 Å². The minimum Gasteiger partial charge on any atom is -0.494 e. The highest BCUT2D eigenvalue weighted by molar-refractivity contribution is 7.09. The molecule has 1 aromatic heterocycles. The number of thiazole rings is 1. The molecule has 0 saturated heterocycles. The summed E-state index contributed by atoms with van der Waals surface area (Å²) in [5.74, 6) is 1.26. The fraction of sp³-hybridized carbons (Fsp3) is 0.412. The van der Waals surface area contributed by atoms with E-state index in [1.54, 1.807) is 11.3 Å². The minimum absolute atomic E-state index is 0.00302. The van der Waals surface area contributed by atoms with E-state index in [0.717, 1.165) is 22.0 Å². The number of benzene rings is 1. The molecule has 0 aliphatic carbocycles. The molecule has 1 aromatic carbocycles. The number of aromatic nitrogens is 1. The van der Waals surface area contributed by atoms with Crippen molar-refractivity contribution in [2.24, 2.45) is 0 Å². The Labute approximate surface area is 135 Å². The van der Waals surface area contributed by atoms with Gasteiger partial charge < -0.3 is 10.1 Å². The molecule has 0 aliphatic rings. The van der Waals surface area contributed by atoms with E-state index in [2.05, 4.69) is 24.1 Å². The molecule has 2 aromatic rings. The summed E-state index contributed by atoms with van der Waals surface area (Å²) in [7, 11) is 0. The maximum atomic E-state index is 12.0. The molecular formula is C17H22N2O2S. The fourth-order valence-corrected chi connectivity index (χ4v) is 2.81. The first-order valence-electron chi connectivity index (χ1n) is 7.51. The lowest BCUT2D eigenvalue weighted by Gasteiger charge is -2.06. The molecule has 2 rings (SSSR count). The summed E-state index contributed by atoms with van der Waals surface area (Å²) in [5, 5.41) is 6.03. The van der Waals surface area contributed by atoms with Crippen LogP contribution in [0.3, 0.4) is 0 Å². The fourth-order valence-electron chi connectivity index (χ4n) is 1.98. The van der Waals surface area contributed by atoms with Crippen molar-refractivity contribution in [3.8, 4) is 5.75 Å². The molecule has 0 saturated carbocycles. The molecule has 0 atom stereocenters. The average molecular weight is 318 g/mol. The van der Waals surface area contributed by atoms with Crippen LogP contribution in [0.25, 0.3) is 0 Å². The molecule has 1 heterocycles. The molecule has 0 unspecified atom stereocenters. The van der Waals surface area contributed by atoms with Gasteiger partial charge in [0.05, 0.1) is 30.3 Å². The Balaban J connectivity index is 1.81. The van der Waals surface area contributed by atoms with Gasteiger partial charge in [0.15, 0.2) is 0 Å². The summed E-state index contributed by atoms with van der Waals surface area (Å²) in [5.41, 5.74) is 1.90. The van der Waals surface area contributed by atoms with Gasteiger partial charge in [-0.3, -0.25) is 4.79 Å². The molecule has 118 valence electrons. The van der Waals surface area contributed by atoms with Gasteiger partial charge in [0.25, 0.3) is 0 Å². The standard InChI is InChI=1S/C17H22N2O2S/c1-4-21-15-7-5-13(6-8-15)9-16(20)18-10-14-11-22-17(19-14)12(2)3/h5-8,11-12H,4,9-10H2,1-3H3,(H,18,20). The molecule has 0 radical (unpaired) electrons. The summed E-state index contributed by atoms with van der Waals surface area (Å²) in [6, 6.07) is 7.62. The van der Waals surface area contributed by atoms with Crippen molar-refractivity contribution in [2.45, 2.75) is 39.7 Å². The summed E-state index contributed by atoms with van der Waals surface area (Å²) in [6.07, 6.45) is 0.369. The summed E-state index contributed by atoms with van der Waals surface area (Å²) >= 11 is 1.64. The van der Waals surface area contributed by atoms with E-state index in [1.165, 1.54) is 0 Å². The maximum absolute atomic E-state index is 12.0. The lowest BCUT2D eigenvalue weighted by atomic mass is 10.1. The largest absolute Gasteiger partial charge is 0.494 e. The first-order chi connectivity index (χ1) is 10.6. The van der Waals surface area contributed by atoms with Gasteiger partial charge in [-0.2, -0.15) is 0 Å². The Morgan fingerprint density at radius 2 is 2.05 bits per heavy atom. The third-order valence-corrected chi connectivity index (χ3v) is 4.32. The van der Waals surface area contributed by atoms with Gasteiger partial charge in [-0.05, 0) is 24.6 Å². The number of carbonyl (C=O) groups is 1. The Bertz CT molecular complexity index is 605. The highest BCUT2D eigenvalue weighted by atomic mass is 32.1. The lowest BCUT2D eigenvalue weighted by Crippen LogP contribution is -2.24. The van der Waals surface area contributed by atoms with E-state index in [1.807, 2.05) is 36.6 Å². The third-order valence-electron chi connectivity index (χ3n) is 3.13. The van der Waals surface area contributed by atoms with Crippen LogP contribution in [0.2, 0.25) is 0 Å². The zero-order chi connectivity index (χ0) is 15.9. The predicted octanol–water partition coefficient (Wildman–Crippen LogP) is 3.52. The van der Waals surface area contributed by atoms with Crippen molar-refractivity contribution in [3.05, 3.63) is 45.9 Å². The lowest BCUT2D eigenvalue weighted by molar-refractivity contribution is -0.120. The summed E-state index contributed by atoms with van der Waals surface area (Å²) < 4.78 is 5.39. The van der Waals surface area contributed by atoms with E-state index in [9.17, 15) is 4.79 Å². The van der Waals surface area contributed by atoms with Gasteiger partial charge in [-0.15, -0.1) is 11.3 Å². The molecule has 0 aliphatic heterocycles. The van der Waals surface area contributed by atoms with Crippen molar-refractivity contribution in [2.75, 3.05) is 6.61 Å². The van der Waals surface area contributed by atoms with Gasteiger partial charge in [-0.25, -0.2) is 4.98 Å². The molecule has 4 nitrogen and oxygen atoms in total. The van der Waals surface area contributed by atoms with Crippen LogP contribution in [0.1, 0.15) is 43.0 Å². The van der Waals surface area contributed by atoms with Crippen LogP contribution < -0.4 is 10.1 Å². The number of amides is 1. The zero-order valence-electron chi connectivity index (χ0n) is 13.3. The quantitative estimate of drug-likeness (QED) is 0.850. The Hall–Kier alpha value is -1.88. The van der Waals surface area contributed by atoms with Gasteiger partial charge in [-0.1, -0.05) is 26.0 Å². The van der Waals surface area contributed by atoms with Gasteiger partial charge in [0, 0.05) is 11.3 Å². The number of nitrogens with zero attached hydrogens (tertiary/aromatic N) is 1. The average Bonchev–Trinajstić information content (AvgIpc) is 2.97. The van der Waals surface area contributed by atoms with Crippen molar-refractivity contribution in [1.82, 2.24) is 10.3 Å². The number of ether oxygens (including phenoxy) is 1. The van der Waals surface area contributed by atoms with Crippen LogP contribution in [-0.4, -0.2) is 17.5 Å². The molecule has 22 heavy (non-hydrogen) atoms. The molecule has 0 spiro atoms. The Morgan fingerprint density at radius 3 is 2.64 bits per heavy atom. The Morgan fingerprint density at radius 1 is 1.32 bits per heavy atom. The van der Waals surface area contributed by atoms with Crippen LogP contribution in [0.5, 0.6) is 5.75 Å². The third kappa shape index (κ3) is 4.84. The molecule has 0 bridgehead atoms. The Kier molecular flexibility index (Phi) is 5.95. The predicted molar refractivity (Wildman–Crippen MR) is 89.4 cm³/mol. The summed E-state index contributed by atoms with van der Waals surface area (Å²) in [6.45, 7) is 7.32. The van der Waals surface area contributed by atoms with E-state index < -0.39 is 0 Å². The highest BCUT2D eigenvalue weighted by Gasteiger charge is 2.08. The number of nitrogens with one attached hydrogen (secondary N) is 1. The van der Waals surface area contributed by atoms with Crippen molar-refractivity contribution < 1.29 is 9.53 Å². The number of carbonyl (C=O) groups excluding carboxylic acids is 1. The van der Waals surface area contributed by atoms with E-state index in [0.29, 0.717) is 25.5 Å². The molecule has 5 heteroatoms. The molecule has 1 N–H and O–H groups in total. The normalized spacial score (nSPS) is 10.7. The molecular weight excluding hydrogens is 296 g/mol. The number of hydrogen-bond acceptors (Lipinski definition) is 4. The van der Waals surface area contributed by atoms with Crippen LogP contribution in [0, 0.1) is 0 Å².